The first-order valence-corrected chi connectivity index (χ1v) is 4.81. The molecule has 0 saturated heterocycles. The van der Waals surface area contributed by atoms with Crippen molar-refractivity contribution in [1.29, 1.82) is 0 Å². The summed E-state index contributed by atoms with van der Waals surface area (Å²) in [6.45, 7) is 4.41. The van der Waals surface area contributed by atoms with Gasteiger partial charge in [-0.3, -0.25) is 4.98 Å². The summed E-state index contributed by atoms with van der Waals surface area (Å²) in [5, 5.41) is 0. The van der Waals surface area contributed by atoms with E-state index in [1.54, 1.807) is 0 Å². The number of hydrogen-bond acceptors (Lipinski definition) is 0. The molecule has 0 unspecified atom stereocenters. The van der Waals surface area contributed by atoms with Crippen LogP contribution in [0.3, 0.4) is 0 Å². The third-order valence-corrected chi connectivity index (χ3v) is 2.67. The van der Waals surface area contributed by atoms with E-state index in [-0.39, 0.29) is 5.54 Å². The number of aromatic nitrogens is 2. The SMILES string of the molecule is CC(C)(c1ccccc1)[n+]1cc[nH]c1. The molecule has 0 aliphatic carbocycles. The summed E-state index contributed by atoms with van der Waals surface area (Å²) >= 11 is 0. The van der Waals surface area contributed by atoms with Crippen molar-refractivity contribution < 1.29 is 4.57 Å². The van der Waals surface area contributed by atoms with Crippen LogP contribution >= 0.6 is 0 Å². The predicted molar refractivity (Wildman–Crippen MR) is 55.9 cm³/mol. The average molecular weight is 187 g/mol. The van der Waals surface area contributed by atoms with E-state index in [4.69, 9.17) is 0 Å². The number of H-pyrrole nitrogens is 1. The Kier molecular flexibility index (Phi) is 2.12. The molecule has 72 valence electrons. The molecule has 14 heavy (non-hydrogen) atoms. The van der Waals surface area contributed by atoms with Gasteiger partial charge in [0, 0.05) is 0 Å². The number of benzene rings is 1. The summed E-state index contributed by atoms with van der Waals surface area (Å²) < 4.78 is 2.17. The summed E-state index contributed by atoms with van der Waals surface area (Å²) in [5.41, 5.74) is 1.31. The van der Waals surface area contributed by atoms with E-state index in [0.29, 0.717) is 0 Å². The number of imidazole rings is 1. The number of nitrogens with zero attached hydrogens (tertiary/aromatic N) is 1. The molecular formula is C12H15N2+. The second kappa shape index (κ2) is 3.29. The Bertz CT molecular complexity index is 388. The van der Waals surface area contributed by atoms with Crippen LogP contribution in [0.25, 0.3) is 0 Å². The van der Waals surface area contributed by atoms with E-state index in [2.05, 4.69) is 47.7 Å². The highest BCUT2D eigenvalue weighted by atomic mass is 15.1. The number of aromatic amines is 1. The summed E-state index contributed by atoms with van der Waals surface area (Å²) in [5.74, 6) is 0. The van der Waals surface area contributed by atoms with Gasteiger partial charge in [-0.2, -0.15) is 0 Å². The van der Waals surface area contributed by atoms with Crippen LogP contribution in [0.15, 0.2) is 49.1 Å². The van der Waals surface area contributed by atoms with E-state index in [1.807, 2.05) is 24.8 Å². The minimum atomic E-state index is 0.00125. The minimum Gasteiger partial charge on any atom is -0.250 e. The van der Waals surface area contributed by atoms with Crippen molar-refractivity contribution in [3.8, 4) is 0 Å². The van der Waals surface area contributed by atoms with E-state index in [9.17, 15) is 0 Å². The van der Waals surface area contributed by atoms with Gasteiger partial charge in [0.25, 0.3) is 0 Å². The van der Waals surface area contributed by atoms with Crippen molar-refractivity contribution in [3.63, 3.8) is 0 Å². The fourth-order valence-corrected chi connectivity index (χ4v) is 1.63. The Morgan fingerprint density at radius 3 is 2.43 bits per heavy atom. The number of rotatable bonds is 2. The zero-order valence-corrected chi connectivity index (χ0v) is 8.57. The fourth-order valence-electron chi connectivity index (χ4n) is 1.63. The van der Waals surface area contributed by atoms with Gasteiger partial charge < -0.3 is 0 Å². The normalized spacial score (nSPS) is 11.6. The largest absolute Gasteiger partial charge is 0.250 e. The van der Waals surface area contributed by atoms with E-state index >= 15 is 0 Å². The van der Waals surface area contributed by atoms with Crippen molar-refractivity contribution in [2.24, 2.45) is 0 Å². The second-order valence-corrected chi connectivity index (χ2v) is 3.94. The lowest BCUT2D eigenvalue weighted by atomic mass is 9.94. The molecular weight excluding hydrogens is 172 g/mol. The van der Waals surface area contributed by atoms with Crippen molar-refractivity contribution in [1.82, 2.24) is 4.98 Å². The molecule has 2 aromatic rings. The van der Waals surface area contributed by atoms with E-state index in [0.717, 1.165) is 0 Å². The zero-order chi connectivity index (χ0) is 10.0. The fraction of sp³-hybridized carbons (Fsp3) is 0.250. The summed E-state index contributed by atoms with van der Waals surface area (Å²) in [7, 11) is 0. The third kappa shape index (κ3) is 1.43. The standard InChI is InChI=1S/C12H14N2/c1-12(2,14-9-8-13-10-14)11-6-4-3-5-7-11/h3-10H,1-2H3/p+1. The third-order valence-electron chi connectivity index (χ3n) is 2.67. The molecule has 1 heterocycles. The second-order valence-electron chi connectivity index (χ2n) is 3.94. The van der Waals surface area contributed by atoms with Gasteiger partial charge in [0.05, 0.1) is 0 Å². The molecule has 0 amide bonds. The maximum atomic E-state index is 3.07. The molecule has 2 nitrogen and oxygen atoms in total. The summed E-state index contributed by atoms with van der Waals surface area (Å²) in [6, 6.07) is 10.5. The summed E-state index contributed by atoms with van der Waals surface area (Å²) in [4.78, 5) is 3.07. The molecule has 0 aliphatic heterocycles. The van der Waals surface area contributed by atoms with Crippen LogP contribution in [0.1, 0.15) is 19.4 Å². The first kappa shape index (κ1) is 9.00. The number of nitrogens with one attached hydrogen (secondary N) is 1. The highest BCUT2D eigenvalue weighted by Crippen LogP contribution is 2.18. The molecule has 0 fully saturated rings. The molecule has 0 atom stereocenters. The monoisotopic (exact) mass is 187 g/mol. The molecule has 2 heteroatoms. The first-order valence-electron chi connectivity index (χ1n) is 4.81. The van der Waals surface area contributed by atoms with Crippen LogP contribution in [-0.2, 0) is 5.54 Å². The van der Waals surface area contributed by atoms with Crippen LogP contribution in [0.2, 0.25) is 0 Å². The van der Waals surface area contributed by atoms with Gasteiger partial charge in [-0.25, -0.2) is 4.57 Å². The molecule has 0 radical (unpaired) electrons. The highest BCUT2D eigenvalue weighted by Gasteiger charge is 2.26. The minimum absolute atomic E-state index is 0.00125. The topological polar surface area (TPSA) is 19.7 Å². The van der Waals surface area contributed by atoms with Gasteiger partial charge in [0.1, 0.15) is 17.9 Å². The lowest BCUT2D eigenvalue weighted by Gasteiger charge is -2.21. The molecule has 1 N–H and O–H groups in total. The smallest absolute Gasteiger partial charge is 0.242 e. The van der Waals surface area contributed by atoms with Crippen molar-refractivity contribution in [2.75, 3.05) is 0 Å². The highest BCUT2D eigenvalue weighted by molar-refractivity contribution is 5.20. The predicted octanol–water partition coefficient (Wildman–Crippen LogP) is 2.09. The maximum Gasteiger partial charge on any atom is 0.242 e. The van der Waals surface area contributed by atoms with Crippen LogP contribution in [-0.4, -0.2) is 4.98 Å². The molecule has 0 bridgehead atoms. The van der Waals surface area contributed by atoms with Crippen LogP contribution in [0, 0.1) is 0 Å². The molecule has 0 saturated carbocycles. The average Bonchev–Trinajstić information content (AvgIpc) is 2.72. The lowest BCUT2D eigenvalue weighted by Crippen LogP contribution is -2.51. The van der Waals surface area contributed by atoms with Gasteiger partial charge in [0.2, 0.25) is 6.33 Å². The Morgan fingerprint density at radius 1 is 1.14 bits per heavy atom. The van der Waals surface area contributed by atoms with Gasteiger partial charge >= 0.3 is 0 Å². The Labute approximate surface area is 84.2 Å². The Morgan fingerprint density at radius 2 is 1.86 bits per heavy atom. The molecule has 1 aromatic carbocycles. The van der Waals surface area contributed by atoms with E-state index < -0.39 is 0 Å². The van der Waals surface area contributed by atoms with Crippen LogP contribution < -0.4 is 4.57 Å². The van der Waals surface area contributed by atoms with Crippen molar-refractivity contribution in [2.45, 2.75) is 19.4 Å². The van der Waals surface area contributed by atoms with Gasteiger partial charge in [0.15, 0.2) is 0 Å². The van der Waals surface area contributed by atoms with Gasteiger partial charge in [-0.1, -0.05) is 30.3 Å². The van der Waals surface area contributed by atoms with Crippen LogP contribution in [0.4, 0.5) is 0 Å². The van der Waals surface area contributed by atoms with Crippen molar-refractivity contribution >= 4 is 0 Å². The van der Waals surface area contributed by atoms with Gasteiger partial charge in [-0.05, 0) is 19.4 Å². The molecule has 1 aromatic heterocycles. The molecule has 0 spiro atoms. The van der Waals surface area contributed by atoms with Gasteiger partial charge in [-0.15, -0.1) is 0 Å². The van der Waals surface area contributed by atoms with Crippen LogP contribution in [0.5, 0.6) is 0 Å². The molecule has 2 rings (SSSR count). The Balaban J connectivity index is 2.43. The molecule has 0 aliphatic rings. The quantitative estimate of drug-likeness (QED) is 0.695. The zero-order valence-electron chi connectivity index (χ0n) is 8.57. The maximum absolute atomic E-state index is 3.07. The van der Waals surface area contributed by atoms with E-state index in [1.165, 1.54) is 5.56 Å². The van der Waals surface area contributed by atoms with Crippen molar-refractivity contribution in [3.05, 3.63) is 54.6 Å². The Hall–Kier alpha value is -1.57. The lowest BCUT2D eigenvalue weighted by molar-refractivity contribution is -0.746. The first-order chi connectivity index (χ1) is 6.71. The summed E-state index contributed by atoms with van der Waals surface area (Å²) in [6.07, 6.45) is 5.96. The number of hydrogen-bond donors (Lipinski definition) is 1.